The fraction of sp³-hybridized carbons (Fsp3) is 0.333. The summed E-state index contributed by atoms with van der Waals surface area (Å²) in [5, 5.41) is 0. The molecule has 0 aromatic heterocycles. The van der Waals surface area contributed by atoms with Crippen molar-refractivity contribution in [3.8, 4) is 0 Å². The van der Waals surface area contributed by atoms with Gasteiger partial charge in [-0.2, -0.15) is 4.31 Å². The lowest BCUT2D eigenvalue weighted by atomic mass is 10.3. The van der Waals surface area contributed by atoms with Gasteiger partial charge in [0.05, 0.1) is 14.7 Å². The van der Waals surface area contributed by atoms with Gasteiger partial charge in [-0.15, -0.1) is 0 Å². The van der Waals surface area contributed by atoms with Gasteiger partial charge in [-0.1, -0.05) is 37.1 Å². The molecule has 0 N–H and O–H groups in total. The van der Waals surface area contributed by atoms with Crippen LogP contribution < -0.4 is 0 Å². The highest BCUT2D eigenvalue weighted by atomic mass is 32.2. The van der Waals surface area contributed by atoms with Crippen molar-refractivity contribution in [3.05, 3.63) is 54.6 Å². The number of hydrogen-bond donors (Lipinski definition) is 0. The molecule has 1 fully saturated rings. The van der Waals surface area contributed by atoms with Crippen LogP contribution in [-0.4, -0.2) is 34.2 Å². The van der Waals surface area contributed by atoms with Crippen LogP contribution in [0, 0.1) is 0 Å². The standard InChI is InChI=1S/C18H21NO4S2/c1-19(15-8-5-6-9-15)25(22,23)18-13-7-12-17(14-18)24(20,21)16-10-3-2-4-11-16/h2-4,7,10-15H,5-6,8-9H2,1H3. The molecule has 0 spiro atoms. The molecule has 0 radical (unpaired) electrons. The smallest absolute Gasteiger partial charge is 0.219 e. The van der Waals surface area contributed by atoms with Crippen molar-refractivity contribution >= 4 is 19.9 Å². The topological polar surface area (TPSA) is 71.5 Å². The lowest BCUT2D eigenvalue weighted by Gasteiger charge is -2.23. The van der Waals surface area contributed by atoms with Crippen LogP contribution in [0.5, 0.6) is 0 Å². The highest BCUT2D eigenvalue weighted by molar-refractivity contribution is 7.91. The van der Waals surface area contributed by atoms with E-state index in [9.17, 15) is 16.8 Å². The van der Waals surface area contributed by atoms with E-state index in [0.29, 0.717) is 0 Å². The third-order valence-corrected chi connectivity index (χ3v) is 8.36. The molecule has 134 valence electrons. The molecule has 2 aromatic rings. The van der Waals surface area contributed by atoms with E-state index in [1.54, 1.807) is 25.2 Å². The van der Waals surface area contributed by atoms with E-state index in [1.165, 1.54) is 40.7 Å². The summed E-state index contributed by atoms with van der Waals surface area (Å²) in [4.78, 5) is 0.146. The summed E-state index contributed by atoms with van der Waals surface area (Å²) in [6, 6.07) is 13.6. The quantitative estimate of drug-likeness (QED) is 0.800. The summed E-state index contributed by atoms with van der Waals surface area (Å²) in [5.74, 6) is 0. The largest absolute Gasteiger partial charge is 0.243 e. The fourth-order valence-electron chi connectivity index (χ4n) is 3.17. The zero-order chi connectivity index (χ0) is 18.1. The highest BCUT2D eigenvalue weighted by Crippen LogP contribution is 2.29. The SMILES string of the molecule is CN(C1CCCC1)S(=O)(=O)c1cccc(S(=O)(=O)c2ccccc2)c1. The average Bonchev–Trinajstić information content (AvgIpc) is 3.16. The van der Waals surface area contributed by atoms with Gasteiger partial charge in [0, 0.05) is 13.1 Å². The van der Waals surface area contributed by atoms with Gasteiger partial charge in [-0.05, 0) is 43.2 Å². The number of sulfonamides is 1. The molecule has 1 aliphatic carbocycles. The lowest BCUT2D eigenvalue weighted by Crippen LogP contribution is -2.35. The zero-order valence-electron chi connectivity index (χ0n) is 14.0. The highest BCUT2D eigenvalue weighted by Gasteiger charge is 2.31. The van der Waals surface area contributed by atoms with Gasteiger partial charge in [0.25, 0.3) is 0 Å². The van der Waals surface area contributed by atoms with Crippen molar-refractivity contribution < 1.29 is 16.8 Å². The molecule has 2 aromatic carbocycles. The Bertz CT molecular complexity index is 948. The van der Waals surface area contributed by atoms with E-state index in [4.69, 9.17) is 0 Å². The van der Waals surface area contributed by atoms with Crippen molar-refractivity contribution in [2.24, 2.45) is 0 Å². The van der Waals surface area contributed by atoms with E-state index in [0.717, 1.165) is 25.7 Å². The van der Waals surface area contributed by atoms with Gasteiger partial charge in [0.15, 0.2) is 0 Å². The molecule has 0 amide bonds. The van der Waals surface area contributed by atoms with Crippen molar-refractivity contribution in [1.29, 1.82) is 0 Å². The minimum absolute atomic E-state index is 0.0129. The van der Waals surface area contributed by atoms with E-state index in [-0.39, 0.29) is 20.7 Å². The van der Waals surface area contributed by atoms with Gasteiger partial charge in [0.1, 0.15) is 0 Å². The van der Waals surface area contributed by atoms with Crippen molar-refractivity contribution in [3.63, 3.8) is 0 Å². The molecule has 1 saturated carbocycles. The van der Waals surface area contributed by atoms with Crippen LogP contribution in [-0.2, 0) is 19.9 Å². The summed E-state index contributed by atoms with van der Waals surface area (Å²) in [7, 11) is -5.89. The van der Waals surface area contributed by atoms with E-state index >= 15 is 0 Å². The van der Waals surface area contributed by atoms with Crippen LogP contribution in [0.15, 0.2) is 69.3 Å². The Balaban J connectivity index is 1.99. The van der Waals surface area contributed by atoms with Gasteiger partial charge in [0.2, 0.25) is 19.9 Å². The first-order valence-corrected chi connectivity index (χ1v) is 11.1. The Morgan fingerprint density at radius 2 is 1.36 bits per heavy atom. The maximum absolute atomic E-state index is 12.9. The number of nitrogens with zero attached hydrogens (tertiary/aromatic N) is 1. The zero-order valence-corrected chi connectivity index (χ0v) is 15.6. The predicted octanol–water partition coefficient (Wildman–Crippen LogP) is 3.08. The van der Waals surface area contributed by atoms with Crippen molar-refractivity contribution in [2.45, 2.75) is 46.4 Å². The molecule has 0 atom stereocenters. The Labute approximate surface area is 149 Å². The summed E-state index contributed by atoms with van der Waals surface area (Å²) < 4.78 is 52.6. The number of sulfone groups is 1. The Kier molecular flexibility index (Phi) is 4.99. The second-order valence-corrected chi connectivity index (χ2v) is 10.2. The first-order chi connectivity index (χ1) is 11.8. The van der Waals surface area contributed by atoms with Crippen LogP contribution in [0.3, 0.4) is 0 Å². The summed E-state index contributed by atoms with van der Waals surface area (Å²) in [6.07, 6.45) is 3.73. The second-order valence-electron chi connectivity index (χ2n) is 6.25. The Hall–Kier alpha value is -1.70. The number of benzene rings is 2. The molecule has 1 aliphatic rings. The van der Waals surface area contributed by atoms with Crippen LogP contribution in [0.2, 0.25) is 0 Å². The molecule has 0 aliphatic heterocycles. The second kappa shape index (κ2) is 6.90. The maximum atomic E-state index is 12.9. The predicted molar refractivity (Wildman–Crippen MR) is 95.5 cm³/mol. The molecule has 25 heavy (non-hydrogen) atoms. The summed E-state index contributed by atoms with van der Waals surface area (Å²) >= 11 is 0. The molecular weight excluding hydrogens is 358 g/mol. The van der Waals surface area contributed by atoms with Crippen LogP contribution >= 0.6 is 0 Å². The first kappa shape index (κ1) is 18.1. The number of hydrogen-bond acceptors (Lipinski definition) is 4. The molecular formula is C18H21NO4S2. The minimum atomic E-state index is -3.75. The molecule has 5 nitrogen and oxygen atoms in total. The average molecular weight is 380 g/mol. The third-order valence-electron chi connectivity index (χ3n) is 4.69. The number of rotatable bonds is 5. The van der Waals surface area contributed by atoms with Gasteiger partial charge in [-0.25, -0.2) is 16.8 Å². The van der Waals surface area contributed by atoms with Crippen LogP contribution in [0.4, 0.5) is 0 Å². The molecule has 0 unspecified atom stereocenters. The normalized spacial score (nSPS) is 16.4. The van der Waals surface area contributed by atoms with Crippen LogP contribution in [0.25, 0.3) is 0 Å². The summed E-state index contributed by atoms with van der Waals surface area (Å²) in [6.45, 7) is 0. The van der Waals surface area contributed by atoms with E-state index in [2.05, 4.69) is 0 Å². The minimum Gasteiger partial charge on any atom is -0.219 e. The van der Waals surface area contributed by atoms with Gasteiger partial charge in [-0.3, -0.25) is 0 Å². The first-order valence-electron chi connectivity index (χ1n) is 8.22. The van der Waals surface area contributed by atoms with Gasteiger partial charge < -0.3 is 0 Å². The molecule has 7 heteroatoms. The fourth-order valence-corrected chi connectivity index (χ4v) is 6.03. The van der Waals surface area contributed by atoms with Crippen LogP contribution in [0.1, 0.15) is 25.7 Å². The molecule has 0 saturated heterocycles. The Morgan fingerprint density at radius 3 is 2.00 bits per heavy atom. The van der Waals surface area contributed by atoms with Gasteiger partial charge >= 0.3 is 0 Å². The van der Waals surface area contributed by atoms with E-state index in [1.807, 2.05) is 0 Å². The maximum Gasteiger partial charge on any atom is 0.243 e. The van der Waals surface area contributed by atoms with E-state index < -0.39 is 19.9 Å². The molecule has 0 bridgehead atoms. The Morgan fingerprint density at radius 1 is 0.800 bits per heavy atom. The third kappa shape index (κ3) is 3.49. The monoisotopic (exact) mass is 379 g/mol. The molecule has 0 heterocycles. The molecule has 3 rings (SSSR count). The van der Waals surface area contributed by atoms with Crippen molar-refractivity contribution in [1.82, 2.24) is 4.31 Å². The lowest BCUT2D eigenvalue weighted by molar-refractivity contribution is 0.373. The summed E-state index contributed by atoms with van der Waals surface area (Å²) in [5.41, 5.74) is 0. The van der Waals surface area contributed by atoms with Crippen molar-refractivity contribution in [2.75, 3.05) is 7.05 Å².